The summed E-state index contributed by atoms with van der Waals surface area (Å²) >= 11 is 7.32. The van der Waals surface area contributed by atoms with Gasteiger partial charge in [-0.15, -0.1) is 11.3 Å². The Bertz CT molecular complexity index is 1380. The van der Waals surface area contributed by atoms with Crippen LogP contribution in [-0.4, -0.2) is 80.1 Å². The molecular formula is C24H22ClN7O2S. The molecule has 35 heavy (non-hydrogen) atoms. The van der Waals surface area contributed by atoms with E-state index in [-0.39, 0.29) is 17.9 Å². The van der Waals surface area contributed by atoms with Gasteiger partial charge in [0, 0.05) is 74.0 Å². The lowest BCUT2D eigenvalue weighted by Crippen LogP contribution is -2.52. The van der Waals surface area contributed by atoms with E-state index in [2.05, 4.69) is 20.0 Å². The maximum atomic E-state index is 12.9. The van der Waals surface area contributed by atoms with E-state index in [1.54, 1.807) is 29.3 Å². The van der Waals surface area contributed by atoms with Crippen LogP contribution in [0, 0.1) is 0 Å². The molecule has 1 unspecified atom stereocenters. The van der Waals surface area contributed by atoms with Gasteiger partial charge in [0.1, 0.15) is 0 Å². The largest absolute Gasteiger partial charge is 0.334 e. The average molecular weight is 508 g/mol. The number of aromatic nitrogens is 4. The van der Waals surface area contributed by atoms with Gasteiger partial charge in [-0.2, -0.15) is 5.10 Å². The van der Waals surface area contributed by atoms with Gasteiger partial charge in [0.05, 0.1) is 16.7 Å². The number of halogens is 1. The average Bonchev–Trinajstić information content (AvgIpc) is 3.64. The normalized spacial score (nSPS) is 19.1. The number of thiazole rings is 1. The molecule has 11 heteroatoms. The number of benzene rings is 1. The van der Waals surface area contributed by atoms with E-state index in [1.165, 1.54) is 11.3 Å². The lowest BCUT2D eigenvalue weighted by molar-refractivity contribution is -0.117. The van der Waals surface area contributed by atoms with E-state index in [4.69, 9.17) is 11.6 Å². The van der Waals surface area contributed by atoms with Gasteiger partial charge in [-0.25, -0.2) is 14.6 Å². The van der Waals surface area contributed by atoms with Crippen molar-refractivity contribution in [3.05, 3.63) is 64.3 Å². The highest BCUT2D eigenvalue weighted by Crippen LogP contribution is 2.29. The summed E-state index contributed by atoms with van der Waals surface area (Å²) in [5.41, 5.74) is 1.78. The number of hydrogen-bond donors (Lipinski definition) is 0. The summed E-state index contributed by atoms with van der Waals surface area (Å²) in [7, 11) is 0. The molecule has 2 aliphatic heterocycles. The van der Waals surface area contributed by atoms with Crippen molar-refractivity contribution in [3.63, 3.8) is 0 Å². The van der Waals surface area contributed by atoms with Crippen LogP contribution in [0.3, 0.4) is 0 Å². The van der Waals surface area contributed by atoms with Gasteiger partial charge >= 0.3 is 0 Å². The fourth-order valence-corrected chi connectivity index (χ4v) is 5.52. The molecule has 0 radical (unpaired) electrons. The second-order valence-electron chi connectivity index (χ2n) is 8.66. The Morgan fingerprint density at radius 1 is 1.06 bits per heavy atom. The molecule has 0 aliphatic carbocycles. The summed E-state index contributed by atoms with van der Waals surface area (Å²) in [6, 6.07) is 9.67. The number of nitrogens with zero attached hydrogens (tertiary/aromatic N) is 7. The minimum absolute atomic E-state index is 0.00794. The number of fused-ring (bicyclic) bond motifs is 1. The third-order valence-corrected chi connectivity index (χ3v) is 7.61. The Kier molecular flexibility index (Phi) is 5.71. The van der Waals surface area contributed by atoms with Crippen LogP contribution >= 0.6 is 22.9 Å². The Morgan fingerprint density at radius 3 is 2.66 bits per heavy atom. The quantitative estimate of drug-likeness (QED) is 0.422. The van der Waals surface area contributed by atoms with E-state index in [0.29, 0.717) is 41.9 Å². The van der Waals surface area contributed by atoms with Crippen molar-refractivity contribution < 1.29 is 9.59 Å². The number of amides is 2. The van der Waals surface area contributed by atoms with E-state index in [1.807, 2.05) is 39.4 Å². The van der Waals surface area contributed by atoms with Crippen LogP contribution in [0.2, 0.25) is 5.02 Å². The minimum Gasteiger partial charge on any atom is -0.334 e. The zero-order chi connectivity index (χ0) is 23.9. The van der Waals surface area contributed by atoms with Crippen LogP contribution < -0.4 is 4.90 Å². The van der Waals surface area contributed by atoms with E-state index in [0.717, 1.165) is 29.7 Å². The summed E-state index contributed by atoms with van der Waals surface area (Å²) in [4.78, 5) is 40.0. The molecular weight excluding hydrogens is 486 g/mol. The monoisotopic (exact) mass is 507 g/mol. The lowest BCUT2D eigenvalue weighted by Gasteiger charge is -2.37. The molecule has 1 atom stereocenters. The van der Waals surface area contributed by atoms with Crippen molar-refractivity contribution in [1.29, 1.82) is 0 Å². The molecule has 0 bridgehead atoms. The van der Waals surface area contributed by atoms with E-state index in [9.17, 15) is 9.59 Å². The molecule has 5 heterocycles. The van der Waals surface area contributed by atoms with E-state index < -0.39 is 0 Å². The first-order valence-corrected chi connectivity index (χ1v) is 12.7. The standard InChI is InChI=1S/C24H22ClN7O2S/c25-17-1-4-21(27-14-17)32-20-3-2-18(11-16(20)13-28-32)31-15-19(12-22(31)33)29-6-8-30(9-7-29)24(34)23-26-5-10-35-23/h1-5,10-11,13-14,19H,6-9,12,15H2. The van der Waals surface area contributed by atoms with Crippen LogP contribution in [0.4, 0.5) is 5.69 Å². The number of piperazine rings is 1. The first-order valence-electron chi connectivity index (χ1n) is 11.4. The van der Waals surface area contributed by atoms with Crippen molar-refractivity contribution in [2.24, 2.45) is 0 Å². The molecule has 0 N–H and O–H groups in total. The van der Waals surface area contributed by atoms with Crippen molar-refractivity contribution >= 4 is 51.3 Å². The van der Waals surface area contributed by atoms with Crippen LogP contribution in [0.5, 0.6) is 0 Å². The number of anilines is 1. The zero-order valence-corrected chi connectivity index (χ0v) is 20.3. The molecule has 6 rings (SSSR count). The van der Waals surface area contributed by atoms with Crippen molar-refractivity contribution in [2.45, 2.75) is 12.5 Å². The first kappa shape index (κ1) is 22.1. The van der Waals surface area contributed by atoms with Crippen LogP contribution in [0.1, 0.15) is 16.2 Å². The molecule has 178 valence electrons. The third-order valence-electron chi connectivity index (χ3n) is 6.63. The van der Waals surface area contributed by atoms with Gasteiger partial charge in [0.15, 0.2) is 10.8 Å². The van der Waals surface area contributed by atoms with Crippen molar-refractivity contribution in [2.75, 3.05) is 37.6 Å². The number of carbonyl (C=O) groups is 2. The molecule has 2 amide bonds. The van der Waals surface area contributed by atoms with Gasteiger partial charge in [0.2, 0.25) is 5.91 Å². The fraction of sp³-hybridized carbons (Fsp3) is 0.292. The van der Waals surface area contributed by atoms with Gasteiger partial charge in [0.25, 0.3) is 5.91 Å². The van der Waals surface area contributed by atoms with Gasteiger partial charge in [-0.05, 0) is 30.3 Å². The molecule has 0 saturated carbocycles. The first-order chi connectivity index (χ1) is 17.1. The van der Waals surface area contributed by atoms with Gasteiger partial charge in [-0.1, -0.05) is 11.6 Å². The smallest absolute Gasteiger partial charge is 0.282 e. The molecule has 1 aromatic carbocycles. The van der Waals surface area contributed by atoms with Crippen molar-refractivity contribution in [1.82, 2.24) is 29.5 Å². The summed E-state index contributed by atoms with van der Waals surface area (Å²) in [5.74, 6) is 0.788. The Balaban J connectivity index is 1.14. The minimum atomic E-state index is -0.00794. The van der Waals surface area contributed by atoms with Crippen LogP contribution in [-0.2, 0) is 4.79 Å². The van der Waals surface area contributed by atoms with Crippen LogP contribution in [0.25, 0.3) is 16.7 Å². The molecule has 9 nitrogen and oxygen atoms in total. The maximum absolute atomic E-state index is 12.9. The molecule has 2 saturated heterocycles. The predicted molar refractivity (Wildman–Crippen MR) is 134 cm³/mol. The zero-order valence-electron chi connectivity index (χ0n) is 18.7. The number of hydrogen-bond acceptors (Lipinski definition) is 7. The summed E-state index contributed by atoms with van der Waals surface area (Å²) in [6.07, 6.45) is 5.51. The summed E-state index contributed by atoms with van der Waals surface area (Å²) in [6.45, 7) is 3.43. The number of rotatable bonds is 4. The number of pyridine rings is 1. The fourth-order valence-electron chi connectivity index (χ4n) is 4.80. The Hall–Kier alpha value is -3.34. The highest BCUT2D eigenvalue weighted by molar-refractivity contribution is 7.11. The number of carbonyl (C=O) groups excluding carboxylic acids is 2. The van der Waals surface area contributed by atoms with Gasteiger partial charge in [-0.3, -0.25) is 14.5 Å². The summed E-state index contributed by atoms with van der Waals surface area (Å²) in [5, 5.41) is 8.33. The lowest BCUT2D eigenvalue weighted by atomic mass is 10.2. The molecule has 2 fully saturated rings. The predicted octanol–water partition coefficient (Wildman–Crippen LogP) is 3.09. The molecule has 0 spiro atoms. The molecule has 4 aromatic rings. The Morgan fingerprint density at radius 2 is 1.91 bits per heavy atom. The Labute approximate surface area is 210 Å². The second kappa shape index (κ2) is 9.03. The SMILES string of the molecule is O=C(c1nccs1)N1CCN(C2CC(=O)N(c3ccc4c(cnn4-c4ccc(Cl)cn4)c3)C2)CC1. The third kappa shape index (κ3) is 4.18. The highest BCUT2D eigenvalue weighted by atomic mass is 35.5. The maximum Gasteiger partial charge on any atom is 0.282 e. The van der Waals surface area contributed by atoms with E-state index >= 15 is 0 Å². The van der Waals surface area contributed by atoms with Crippen LogP contribution in [0.15, 0.2) is 54.3 Å². The molecule has 2 aliphatic rings. The topological polar surface area (TPSA) is 87.5 Å². The second-order valence-corrected chi connectivity index (χ2v) is 9.99. The van der Waals surface area contributed by atoms with Gasteiger partial charge < -0.3 is 9.80 Å². The highest BCUT2D eigenvalue weighted by Gasteiger charge is 2.36. The molecule has 3 aromatic heterocycles. The van der Waals surface area contributed by atoms with Crippen molar-refractivity contribution in [3.8, 4) is 5.82 Å². The summed E-state index contributed by atoms with van der Waals surface area (Å²) < 4.78 is 1.76.